The molecule has 4 aliphatic rings. The van der Waals surface area contributed by atoms with Crippen LogP contribution < -0.4 is 16.4 Å². The largest absolute Gasteiger partial charge is 0.379 e. The molecule has 0 spiro atoms. The number of nitrogens with one attached hydrogen (secondary N) is 2. The molecule has 2 aromatic carbocycles. The Morgan fingerprint density at radius 3 is 1.87 bits per heavy atom. The first-order chi connectivity index (χ1) is 26.7. The lowest BCUT2D eigenvalue weighted by molar-refractivity contribution is -0.123. The maximum absolute atomic E-state index is 12.2. The van der Waals surface area contributed by atoms with E-state index in [0.717, 1.165) is 114 Å². The van der Waals surface area contributed by atoms with Gasteiger partial charge in [0.1, 0.15) is 0 Å². The molecule has 0 bridgehead atoms. The third-order valence-electron chi connectivity index (χ3n) is 11.2. The van der Waals surface area contributed by atoms with Gasteiger partial charge in [0.05, 0.1) is 50.1 Å². The molecule has 3 aromatic rings. The van der Waals surface area contributed by atoms with Crippen molar-refractivity contribution in [2.24, 2.45) is 5.73 Å². The number of hydrogen-bond donors (Lipinski definition) is 3. The molecule has 14 heteroatoms. The molecule has 4 fully saturated rings. The molecule has 0 radical (unpaired) electrons. The summed E-state index contributed by atoms with van der Waals surface area (Å²) < 4.78 is 10.6. The second-order valence-electron chi connectivity index (χ2n) is 14.7. The highest BCUT2D eigenvalue weighted by Gasteiger charge is 2.40. The quantitative estimate of drug-likeness (QED) is 0.129. The minimum absolute atomic E-state index is 0.0451. The first kappa shape index (κ1) is 44.1. The number of thiazole rings is 1. The number of rotatable bonds is 11. The number of nitrogens with two attached hydrogens (primary N) is 1. The van der Waals surface area contributed by atoms with Crippen LogP contribution in [0.5, 0.6) is 0 Å². The van der Waals surface area contributed by atoms with E-state index in [1.165, 1.54) is 49.8 Å². The molecular formula is C41H57Cl3N6O3S2. The van der Waals surface area contributed by atoms with E-state index in [0.29, 0.717) is 10.1 Å². The number of ketones is 1. The Kier molecular flexibility index (Phi) is 18.2. The number of nitrogens with zero attached hydrogens (tertiary/aromatic N) is 3. The van der Waals surface area contributed by atoms with Gasteiger partial charge >= 0.3 is 0 Å². The van der Waals surface area contributed by atoms with Gasteiger partial charge in [0, 0.05) is 60.1 Å². The Balaban J connectivity index is 0.000000177. The van der Waals surface area contributed by atoms with Crippen LogP contribution in [-0.2, 0) is 25.1 Å². The van der Waals surface area contributed by atoms with Gasteiger partial charge in [-0.3, -0.25) is 14.6 Å². The minimum atomic E-state index is -0.357. The van der Waals surface area contributed by atoms with Crippen molar-refractivity contribution >= 4 is 74.4 Å². The van der Waals surface area contributed by atoms with Crippen molar-refractivity contribution in [2.45, 2.75) is 75.0 Å². The fraction of sp³-hybridized carbons (Fsp3) is 0.585. The number of carbonyl (C=O) groups is 1. The Labute approximate surface area is 351 Å². The van der Waals surface area contributed by atoms with Crippen molar-refractivity contribution in [3.63, 3.8) is 0 Å². The zero-order valence-corrected chi connectivity index (χ0v) is 35.7. The number of thiocarbonyl (C=S) groups is 1. The van der Waals surface area contributed by atoms with Crippen LogP contribution in [0.4, 0.5) is 5.13 Å². The van der Waals surface area contributed by atoms with Gasteiger partial charge in [-0.05, 0) is 73.3 Å². The Morgan fingerprint density at radius 1 is 0.800 bits per heavy atom. The average molecular weight is 852 g/mol. The number of halogens is 3. The van der Waals surface area contributed by atoms with E-state index >= 15 is 0 Å². The fourth-order valence-electron chi connectivity index (χ4n) is 8.07. The summed E-state index contributed by atoms with van der Waals surface area (Å²) in [5, 5.41) is 11.6. The van der Waals surface area contributed by atoms with Gasteiger partial charge in [0.25, 0.3) is 0 Å². The fourth-order valence-corrected chi connectivity index (χ4v) is 9.48. The number of benzene rings is 2. The lowest BCUT2D eigenvalue weighted by Gasteiger charge is -2.36. The second kappa shape index (κ2) is 22.8. The van der Waals surface area contributed by atoms with E-state index in [4.69, 9.17) is 55.0 Å². The summed E-state index contributed by atoms with van der Waals surface area (Å²) in [4.78, 5) is 21.9. The predicted molar refractivity (Wildman–Crippen MR) is 232 cm³/mol. The van der Waals surface area contributed by atoms with E-state index in [9.17, 15) is 4.79 Å². The van der Waals surface area contributed by atoms with Gasteiger partial charge in [-0.2, -0.15) is 0 Å². The lowest BCUT2D eigenvalue weighted by Crippen LogP contribution is -2.45. The average Bonchev–Trinajstić information content (AvgIpc) is 3.72. The first-order valence-corrected chi connectivity index (χ1v) is 22.3. The lowest BCUT2D eigenvalue weighted by atomic mass is 9.67. The van der Waals surface area contributed by atoms with Crippen molar-refractivity contribution in [1.29, 1.82) is 0 Å². The summed E-state index contributed by atoms with van der Waals surface area (Å²) in [7, 11) is 0. The number of hydrogen-bond acceptors (Lipinski definition) is 9. The topological polar surface area (TPSA) is 105 Å². The monoisotopic (exact) mass is 850 g/mol. The third kappa shape index (κ3) is 13.0. The van der Waals surface area contributed by atoms with E-state index in [2.05, 4.69) is 50.2 Å². The normalized spacial score (nSPS) is 19.8. The van der Waals surface area contributed by atoms with Crippen LogP contribution in [-0.4, -0.2) is 104 Å². The van der Waals surface area contributed by atoms with Gasteiger partial charge in [-0.1, -0.05) is 86.0 Å². The van der Waals surface area contributed by atoms with Crippen molar-refractivity contribution in [3.05, 3.63) is 80.8 Å². The molecule has 0 atom stereocenters. The smallest absolute Gasteiger partial charge is 0.182 e. The van der Waals surface area contributed by atoms with E-state index in [1.54, 1.807) is 11.3 Å². The zero-order valence-electron chi connectivity index (χ0n) is 31.8. The van der Waals surface area contributed by atoms with Gasteiger partial charge in [0.2, 0.25) is 0 Å². The minimum Gasteiger partial charge on any atom is -0.379 e. The van der Waals surface area contributed by atoms with E-state index in [1.807, 2.05) is 36.4 Å². The summed E-state index contributed by atoms with van der Waals surface area (Å²) in [5.41, 5.74) is 8.62. The predicted octanol–water partition coefficient (Wildman–Crippen LogP) is 8.25. The van der Waals surface area contributed by atoms with Gasteiger partial charge < -0.3 is 25.8 Å². The molecule has 2 aliphatic carbocycles. The van der Waals surface area contributed by atoms with Crippen molar-refractivity contribution in [2.75, 3.05) is 83.6 Å². The SMILES string of the molecule is Clc1ccc(C2(c3csc(NCCN4CCOCC4)n3)CCCCC2)cc1.NC(=S)NCN1CCOCC1.O=C(CCl)C1(c2ccc(Cl)cc2)CCCCC1. The van der Waals surface area contributed by atoms with Gasteiger partial charge in [0.15, 0.2) is 16.0 Å². The molecule has 0 unspecified atom stereocenters. The van der Waals surface area contributed by atoms with Gasteiger partial charge in [-0.15, -0.1) is 22.9 Å². The Bertz CT molecular complexity index is 1590. The first-order valence-electron chi connectivity index (χ1n) is 19.7. The van der Waals surface area contributed by atoms with Crippen LogP contribution in [0, 0.1) is 0 Å². The molecule has 3 heterocycles. The second-order valence-corrected chi connectivity index (χ2v) is 17.1. The van der Waals surface area contributed by atoms with Crippen LogP contribution in [0.3, 0.4) is 0 Å². The Morgan fingerprint density at radius 2 is 1.33 bits per heavy atom. The maximum atomic E-state index is 12.2. The molecule has 55 heavy (non-hydrogen) atoms. The van der Waals surface area contributed by atoms with E-state index < -0.39 is 0 Å². The molecule has 2 aliphatic heterocycles. The molecule has 0 amide bonds. The third-order valence-corrected chi connectivity index (χ3v) is 12.9. The maximum Gasteiger partial charge on any atom is 0.182 e. The van der Waals surface area contributed by atoms with Crippen LogP contribution in [0.2, 0.25) is 10.0 Å². The van der Waals surface area contributed by atoms with E-state index in [-0.39, 0.29) is 22.5 Å². The summed E-state index contributed by atoms with van der Waals surface area (Å²) in [5.74, 6) is 0.254. The number of carbonyl (C=O) groups excluding carboxylic acids is 1. The van der Waals surface area contributed by atoms with Crippen molar-refractivity contribution < 1.29 is 14.3 Å². The Hall–Kier alpha value is -2.06. The van der Waals surface area contributed by atoms with Gasteiger partial charge in [-0.25, -0.2) is 4.98 Å². The highest BCUT2D eigenvalue weighted by molar-refractivity contribution is 7.80. The van der Waals surface area contributed by atoms with Crippen LogP contribution in [0.25, 0.3) is 0 Å². The molecule has 2 saturated heterocycles. The number of Topliss-reactive ketones (excluding diaryl/α,β-unsaturated/α-hetero) is 1. The number of alkyl halides is 1. The molecule has 1 aromatic heterocycles. The molecule has 9 nitrogen and oxygen atoms in total. The van der Waals surface area contributed by atoms with Crippen LogP contribution in [0.1, 0.15) is 81.0 Å². The summed E-state index contributed by atoms with van der Waals surface area (Å²) in [6.07, 6.45) is 11.4. The molecule has 2 saturated carbocycles. The standard InChI is InChI=1S/C21H28ClN3OS.C14H16Cl2O.C6H13N3OS/c22-18-6-4-17(5-7-18)21(8-2-1-3-9-21)19-16-27-20(24-19)23-10-11-25-12-14-26-15-13-25;15-10-13(17)14(8-2-1-3-9-14)11-4-6-12(16)7-5-11;7-6(11)8-5-9-1-3-10-4-2-9/h4-7,16H,1-3,8-15H2,(H,23,24);4-7H,1-3,8-10H2;1-5H2,(H3,7,8,11). The number of aromatic nitrogens is 1. The zero-order chi connectivity index (χ0) is 38.9. The highest BCUT2D eigenvalue weighted by atomic mass is 35.5. The summed E-state index contributed by atoms with van der Waals surface area (Å²) in [6.45, 7) is 9.99. The molecule has 302 valence electrons. The number of ether oxygens (including phenoxy) is 2. The molecule has 4 N–H and O–H groups in total. The highest BCUT2D eigenvalue weighted by Crippen LogP contribution is 2.46. The summed E-state index contributed by atoms with van der Waals surface area (Å²) >= 11 is 24.2. The molecule has 7 rings (SSSR count). The van der Waals surface area contributed by atoms with Crippen LogP contribution >= 0.6 is 58.4 Å². The van der Waals surface area contributed by atoms with Crippen molar-refractivity contribution in [1.82, 2.24) is 20.1 Å². The summed E-state index contributed by atoms with van der Waals surface area (Å²) in [6, 6.07) is 16.1. The van der Waals surface area contributed by atoms with Crippen LogP contribution in [0.15, 0.2) is 53.9 Å². The number of anilines is 1. The number of morpholine rings is 2. The molecular weight excluding hydrogens is 795 g/mol. The van der Waals surface area contributed by atoms with Crippen molar-refractivity contribution in [3.8, 4) is 0 Å².